The lowest BCUT2D eigenvalue weighted by molar-refractivity contribution is -0.120. The first kappa shape index (κ1) is 22.5. The van der Waals surface area contributed by atoms with Gasteiger partial charge >= 0.3 is 5.97 Å². The second kappa shape index (κ2) is 9.83. The fourth-order valence-corrected chi connectivity index (χ4v) is 3.83. The highest BCUT2D eigenvalue weighted by molar-refractivity contribution is 5.96. The zero-order valence-electron chi connectivity index (χ0n) is 18.4. The highest BCUT2D eigenvalue weighted by Crippen LogP contribution is 2.30. The van der Waals surface area contributed by atoms with Gasteiger partial charge in [-0.1, -0.05) is 18.2 Å². The summed E-state index contributed by atoms with van der Waals surface area (Å²) in [5.74, 6) is -0.747. The van der Waals surface area contributed by atoms with Gasteiger partial charge in [0.05, 0.1) is 17.3 Å². The highest BCUT2D eigenvalue weighted by Gasteiger charge is 2.24. The van der Waals surface area contributed by atoms with Gasteiger partial charge in [0.1, 0.15) is 5.82 Å². The van der Waals surface area contributed by atoms with Gasteiger partial charge in [0.25, 0.3) is 0 Å². The molecule has 1 saturated heterocycles. The number of hydrogen-bond acceptors (Lipinski definition) is 5. The van der Waals surface area contributed by atoms with Gasteiger partial charge in [0, 0.05) is 5.69 Å². The van der Waals surface area contributed by atoms with Crippen LogP contribution >= 0.6 is 0 Å². The highest BCUT2D eigenvalue weighted by atomic mass is 19.1. The molecule has 0 aliphatic carbocycles. The summed E-state index contributed by atoms with van der Waals surface area (Å²) in [6.45, 7) is 3.77. The van der Waals surface area contributed by atoms with Crippen molar-refractivity contribution in [3.8, 4) is 16.9 Å². The predicted molar refractivity (Wildman–Crippen MR) is 127 cm³/mol. The summed E-state index contributed by atoms with van der Waals surface area (Å²) in [6, 6.07) is 17.4. The van der Waals surface area contributed by atoms with Crippen LogP contribution in [0.2, 0.25) is 0 Å². The zero-order chi connectivity index (χ0) is 23.4. The van der Waals surface area contributed by atoms with Crippen LogP contribution in [0.4, 0.5) is 15.8 Å². The van der Waals surface area contributed by atoms with Crippen LogP contribution < -0.4 is 15.8 Å². The third-order valence-corrected chi connectivity index (χ3v) is 5.85. The van der Waals surface area contributed by atoms with E-state index in [9.17, 15) is 14.0 Å². The number of likely N-dealkylation sites (tertiary alicyclic amines) is 1. The van der Waals surface area contributed by atoms with Crippen LogP contribution in [-0.4, -0.2) is 35.9 Å². The van der Waals surface area contributed by atoms with E-state index in [-0.39, 0.29) is 23.5 Å². The van der Waals surface area contributed by atoms with Crippen molar-refractivity contribution in [2.75, 3.05) is 24.1 Å². The van der Waals surface area contributed by atoms with E-state index in [0.29, 0.717) is 16.9 Å². The van der Waals surface area contributed by atoms with E-state index < -0.39 is 5.97 Å². The number of hydrogen-bond donors (Lipinski definition) is 2. The smallest absolute Gasteiger partial charge is 0.343 e. The molecule has 0 saturated carbocycles. The molecule has 3 aromatic rings. The van der Waals surface area contributed by atoms with Gasteiger partial charge in [0.2, 0.25) is 5.91 Å². The molecule has 1 atom stereocenters. The summed E-state index contributed by atoms with van der Waals surface area (Å²) in [6.07, 6.45) is 2.23. The number of halogens is 1. The summed E-state index contributed by atoms with van der Waals surface area (Å²) >= 11 is 0. The Labute approximate surface area is 192 Å². The van der Waals surface area contributed by atoms with E-state index in [0.717, 1.165) is 37.1 Å². The average Bonchev–Trinajstić information content (AvgIpc) is 3.36. The third-order valence-electron chi connectivity index (χ3n) is 5.85. The lowest BCUT2D eigenvalue weighted by atomic mass is 10.0. The summed E-state index contributed by atoms with van der Waals surface area (Å²) in [4.78, 5) is 27.3. The van der Waals surface area contributed by atoms with E-state index in [1.54, 1.807) is 54.6 Å². The molecule has 1 fully saturated rings. The Kier molecular flexibility index (Phi) is 6.70. The fourth-order valence-electron chi connectivity index (χ4n) is 3.83. The molecule has 3 aromatic carbocycles. The molecule has 6 nitrogen and oxygen atoms in total. The largest absolute Gasteiger partial charge is 0.421 e. The number of carbonyl (C=O) groups excluding carboxylic acids is 2. The molecule has 0 spiro atoms. The molecule has 4 rings (SSSR count). The van der Waals surface area contributed by atoms with Crippen molar-refractivity contribution in [2.24, 2.45) is 0 Å². The van der Waals surface area contributed by atoms with Crippen molar-refractivity contribution in [3.63, 3.8) is 0 Å². The summed E-state index contributed by atoms with van der Waals surface area (Å²) in [5, 5.41) is 2.89. The summed E-state index contributed by atoms with van der Waals surface area (Å²) < 4.78 is 18.7. The van der Waals surface area contributed by atoms with Crippen LogP contribution in [-0.2, 0) is 4.79 Å². The lowest BCUT2D eigenvalue weighted by Crippen LogP contribution is -2.40. The van der Waals surface area contributed by atoms with Crippen molar-refractivity contribution in [2.45, 2.75) is 25.8 Å². The monoisotopic (exact) mass is 447 g/mol. The normalized spacial score (nSPS) is 14.6. The molecule has 170 valence electrons. The van der Waals surface area contributed by atoms with E-state index >= 15 is 0 Å². The molecule has 33 heavy (non-hydrogen) atoms. The number of amides is 1. The van der Waals surface area contributed by atoms with Crippen molar-refractivity contribution < 1.29 is 18.7 Å². The minimum atomic E-state index is -0.568. The molecule has 0 radical (unpaired) electrons. The Morgan fingerprint density at radius 2 is 1.61 bits per heavy atom. The predicted octanol–water partition coefficient (Wildman–Crippen LogP) is 4.72. The van der Waals surface area contributed by atoms with Crippen molar-refractivity contribution in [1.82, 2.24) is 4.90 Å². The van der Waals surface area contributed by atoms with Gasteiger partial charge in [-0.15, -0.1) is 0 Å². The van der Waals surface area contributed by atoms with Gasteiger partial charge < -0.3 is 15.8 Å². The molecular formula is C26H26FN3O3. The maximum absolute atomic E-state index is 13.2. The quantitative estimate of drug-likeness (QED) is 0.325. The van der Waals surface area contributed by atoms with Gasteiger partial charge in [-0.25, -0.2) is 9.18 Å². The molecule has 7 heteroatoms. The number of rotatable bonds is 6. The van der Waals surface area contributed by atoms with E-state index in [1.165, 1.54) is 12.1 Å². The number of anilines is 2. The van der Waals surface area contributed by atoms with Gasteiger partial charge in [0.15, 0.2) is 5.75 Å². The molecule has 0 aromatic heterocycles. The van der Waals surface area contributed by atoms with E-state index in [4.69, 9.17) is 10.5 Å². The topological polar surface area (TPSA) is 84.7 Å². The van der Waals surface area contributed by atoms with Crippen molar-refractivity contribution in [3.05, 3.63) is 78.1 Å². The van der Waals surface area contributed by atoms with E-state index in [2.05, 4.69) is 10.2 Å². The first-order valence-electron chi connectivity index (χ1n) is 10.9. The van der Waals surface area contributed by atoms with Gasteiger partial charge in [-0.05, 0) is 92.5 Å². The number of nitrogen functional groups attached to an aromatic ring is 1. The van der Waals surface area contributed by atoms with E-state index in [1.807, 2.05) is 6.92 Å². The van der Waals surface area contributed by atoms with Crippen LogP contribution in [0, 0.1) is 5.82 Å². The van der Waals surface area contributed by atoms with Crippen molar-refractivity contribution in [1.29, 1.82) is 0 Å². The molecule has 1 aliphatic heterocycles. The number of nitrogens with two attached hydrogens (primary N) is 1. The Hall–Kier alpha value is -3.71. The number of benzene rings is 3. The van der Waals surface area contributed by atoms with Crippen LogP contribution in [0.1, 0.15) is 30.1 Å². The fraction of sp³-hybridized carbons (Fsp3) is 0.231. The first-order valence-corrected chi connectivity index (χ1v) is 10.9. The van der Waals surface area contributed by atoms with Crippen LogP contribution in [0.5, 0.6) is 5.75 Å². The molecule has 1 heterocycles. The van der Waals surface area contributed by atoms with Gasteiger partial charge in [-0.3, -0.25) is 9.69 Å². The van der Waals surface area contributed by atoms with Crippen molar-refractivity contribution >= 4 is 23.3 Å². The lowest BCUT2D eigenvalue weighted by Gasteiger charge is -2.22. The number of esters is 1. The second-order valence-corrected chi connectivity index (χ2v) is 8.13. The second-order valence-electron chi connectivity index (χ2n) is 8.13. The zero-order valence-corrected chi connectivity index (χ0v) is 18.4. The van der Waals surface area contributed by atoms with Crippen LogP contribution in [0.15, 0.2) is 66.7 Å². The molecule has 1 aliphatic rings. The Morgan fingerprint density at radius 3 is 2.27 bits per heavy atom. The number of nitrogens with one attached hydrogen (secondary N) is 1. The summed E-state index contributed by atoms with van der Waals surface area (Å²) in [5.41, 5.74) is 8.76. The third kappa shape index (κ3) is 5.38. The molecule has 3 N–H and O–H groups in total. The number of nitrogens with zero attached hydrogens (tertiary/aromatic N) is 1. The minimum absolute atomic E-state index is 0.0717. The average molecular weight is 448 g/mol. The first-order chi connectivity index (χ1) is 15.9. The Balaban J connectivity index is 1.42. The minimum Gasteiger partial charge on any atom is -0.421 e. The van der Waals surface area contributed by atoms with Gasteiger partial charge in [-0.2, -0.15) is 0 Å². The summed E-state index contributed by atoms with van der Waals surface area (Å²) in [7, 11) is 0. The molecule has 1 amide bonds. The molecular weight excluding hydrogens is 421 g/mol. The standard InChI is InChI=1S/C26H26FN3O3/c1-17(30-14-2-3-15-30)25(31)29-22-11-6-19(7-12-22)26(32)33-24-16-20(8-13-23(24)28)18-4-9-21(27)10-5-18/h4-13,16-17H,2-3,14-15,28H2,1H3,(H,29,31). The molecule has 1 unspecified atom stereocenters. The SMILES string of the molecule is CC(C(=O)Nc1ccc(C(=O)Oc2cc(-c3ccc(F)cc3)ccc2N)cc1)N1CCCC1. The Bertz CT molecular complexity index is 1140. The number of carbonyl (C=O) groups is 2. The maximum atomic E-state index is 13.2. The maximum Gasteiger partial charge on any atom is 0.343 e. The molecule has 0 bridgehead atoms. The number of ether oxygens (including phenoxy) is 1. The Morgan fingerprint density at radius 1 is 0.970 bits per heavy atom. The van der Waals surface area contributed by atoms with Crippen LogP contribution in [0.25, 0.3) is 11.1 Å². The van der Waals surface area contributed by atoms with Crippen LogP contribution in [0.3, 0.4) is 0 Å².